The molecule has 1 saturated heterocycles. The summed E-state index contributed by atoms with van der Waals surface area (Å²) in [6.07, 6.45) is -2.36. The predicted octanol–water partition coefficient (Wildman–Crippen LogP) is -1.32. The van der Waals surface area contributed by atoms with Crippen molar-refractivity contribution in [2.24, 2.45) is 5.18 Å². The third-order valence-corrected chi connectivity index (χ3v) is 2.48. The summed E-state index contributed by atoms with van der Waals surface area (Å²) in [5, 5.41) is 21.7. The lowest BCUT2D eigenvalue weighted by atomic mass is 9.86. The molecule has 5 nitrogen and oxygen atoms in total. The van der Waals surface area contributed by atoms with Crippen LogP contribution in [0.15, 0.2) is 5.18 Å². The Morgan fingerprint density at radius 1 is 1.46 bits per heavy atom. The Labute approximate surface area is 77.5 Å². The summed E-state index contributed by atoms with van der Waals surface area (Å²) in [6, 6.07) is -0.851. The van der Waals surface area contributed by atoms with Gasteiger partial charge in [0.15, 0.2) is 0 Å². The molecule has 0 amide bonds. The molecule has 0 aromatic carbocycles. The molecule has 1 heterocycles. The molecule has 0 spiro atoms. The first-order valence-electron chi connectivity index (χ1n) is 4.45. The molecule has 0 aromatic rings. The Kier molecular flexibility index (Phi) is 3.41. The predicted molar refractivity (Wildman–Crippen MR) is 49.3 cm³/mol. The van der Waals surface area contributed by atoms with Crippen LogP contribution in [0.3, 0.4) is 0 Å². The van der Waals surface area contributed by atoms with Gasteiger partial charge in [-0.25, -0.2) is 0 Å². The second-order valence-corrected chi connectivity index (χ2v) is 3.37. The molecular formula is C7H14BNO4. The van der Waals surface area contributed by atoms with Crippen molar-refractivity contribution in [3.05, 3.63) is 4.91 Å². The van der Waals surface area contributed by atoms with Gasteiger partial charge < -0.3 is 14.9 Å². The van der Waals surface area contributed by atoms with Crippen LogP contribution in [0.1, 0.15) is 6.92 Å². The van der Waals surface area contributed by atoms with Crippen molar-refractivity contribution in [2.45, 2.75) is 43.7 Å². The van der Waals surface area contributed by atoms with Crippen LogP contribution in [-0.2, 0) is 4.74 Å². The number of nitrogens with zero attached hydrogens (tertiary/aromatic N) is 1. The molecule has 0 bridgehead atoms. The van der Waals surface area contributed by atoms with Crippen molar-refractivity contribution in [1.82, 2.24) is 0 Å². The molecule has 3 unspecified atom stereocenters. The van der Waals surface area contributed by atoms with Gasteiger partial charge in [-0.3, -0.25) is 0 Å². The van der Waals surface area contributed by atoms with Gasteiger partial charge in [0.1, 0.15) is 26.1 Å². The van der Waals surface area contributed by atoms with Crippen LogP contribution in [0.2, 0.25) is 6.32 Å². The summed E-state index contributed by atoms with van der Waals surface area (Å²) in [5.74, 6) is 0. The zero-order chi connectivity index (χ0) is 10.0. The summed E-state index contributed by atoms with van der Waals surface area (Å²) in [6.45, 7) is 1.66. The first kappa shape index (κ1) is 10.6. The van der Waals surface area contributed by atoms with Gasteiger partial charge in [-0.1, -0.05) is 11.5 Å². The minimum Gasteiger partial charge on any atom is -0.388 e. The van der Waals surface area contributed by atoms with Crippen LogP contribution in [0.25, 0.3) is 0 Å². The standard InChI is InChI=1S/C7H14BNO4/c1-3-6(10)7(11)5(9-12)4(2-8)13-3/h3-7,10-11H,2,8H2,1H3/t3-,4?,5-,6?,7?/m1/s1. The van der Waals surface area contributed by atoms with E-state index in [-0.39, 0.29) is 6.10 Å². The lowest BCUT2D eigenvalue weighted by Gasteiger charge is -2.38. The van der Waals surface area contributed by atoms with E-state index in [0.717, 1.165) is 0 Å². The molecule has 0 aliphatic carbocycles. The quantitative estimate of drug-likeness (QED) is 0.415. The van der Waals surface area contributed by atoms with Gasteiger partial charge >= 0.3 is 0 Å². The van der Waals surface area contributed by atoms with Gasteiger partial charge in [0, 0.05) is 0 Å². The molecule has 1 fully saturated rings. The van der Waals surface area contributed by atoms with Crippen LogP contribution in [0.5, 0.6) is 0 Å². The van der Waals surface area contributed by atoms with Gasteiger partial charge in [-0.2, -0.15) is 4.91 Å². The molecule has 0 saturated carbocycles. The second-order valence-electron chi connectivity index (χ2n) is 3.37. The summed E-state index contributed by atoms with van der Waals surface area (Å²) in [5.41, 5.74) is 0. The summed E-state index contributed by atoms with van der Waals surface area (Å²) in [7, 11) is 1.85. The van der Waals surface area contributed by atoms with E-state index < -0.39 is 24.4 Å². The van der Waals surface area contributed by atoms with Crippen LogP contribution < -0.4 is 0 Å². The average Bonchev–Trinajstić information content (AvgIpc) is 2.13. The fourth-order valence-corrected chi connectivity index (χ4v) is 1.60. The highest BCUT2D eigenvalue weighted by atomic mass is 16.5. The fraction of sp³-hybridized carbons (Fsp3) is 1.00. The van der Waals surface area contributed by atoms with Gasteiger partial charge in [-0.05, 0) is 6.92 Å². The lowest BCUT2D eigenvalue weighted by Crippen LogP contribution is -2.55. The maximum absolute atomic E-state index is 10.4. The first-order valence-corrected chi connectivity index (χ1v) is 4.45. The SMILES string of the molecule is BCC1O[C@H](C)C(O)C(O)[C@@H]1N=O. The third-order valence-electron chi connectivity index (χ3n) is 2.48. The number of nitroso groups, excluding NO2 is 1. The lowest BCUT2D eigenvalue weighted by molar-refractivity contribution is -0.166. The number of hydrogen-bond donors (Lipinski definition) is 2. The van der Waals surface area contributed by atoms with Crippen molar-refractivity contribution < 1.29 is 14.9 Å². The molecule has 0 radical (unpaired) electrons. The molecule has 2 N–H and O–H groups in total. The maximum Gasteiger partial charge on any atom is 0.146 e. The van der Waals surface area contributed by atoms with Gasteiger partial charge in [0.25, 0.3) is 0 Å². The number of rotatable bonds is 2. The number of aliphatic hydroxyl groups excluding tert-OH is 2. The largest absolute Gasteiger partial charge is 0.388 e. The van der Waals surface area contributed by atoms with Crippen molar-refractivity contribution >= 4 is 7.85 Å². The van der Waals surface area contributed by atoms with Gasteiger partial charge in [0.2, 0.25) is 0 Å². The molecule has 5 atom stereocenters. The van der Waals surface area contributed by atoms with Crippen LogP contribution in [-0.4, -0.2) is 48.5 Å². The van der Waals surface area contributed by atoms with Crippen LogP contribution >= 0.6 is 0 Å². The molecule has 13 heavy (non-hydrogen) atoms. The minimum atomic E-state index is -1.11. The molecule has 1 aliphatic rings. The molecule has 74 valence electrons. The van der Waals surface area contributed by atoms with E-state index in [1.807, 2.05) is 7.85 Å². The Bertz CT molecular complexity index is 189. The Hall–Kier alpha value is -0.455. The molecule has 1 rings (SSSR count). The number of hydrogen-bond acceptors (Lipinski definition) is 5. The minimum absolute atomic E-state index is 0.383. The Morgan fingerprint density at radius 3 is 2.54 bits per heavy atom. The van der Waals surface area contributed by atoms with Crippen LogP contribution in [0.4, 0.5) is 0 Å². The second kappa shape index (κ2) is 4.17. The monoisotopic (exact) mass is 187 g/mol. The summed E-state index contributed by atoms with van der Waals surface area (Å²) < 4.78 is 5.32. The van der Waals surface area contributed by atoms with E-state index in [4.69, 9.17) is 4.74 Å². The van der Waals surface area contributed by atoms with Crippen LogP contribution in [0, 0.1) is 4.91 Å². The zero-order valence-corrected chi connectivity index (χ0v) is 7.75. The third kappa shape index (κ3) is 1.90. The highest BCUT2D eigenvalue weighted by Gasteiger charge is 2.42. The Morgan fingerprint density at radius 2 is 2.08 bits per heavy atom. The van der Waals surface area contributed by atoms with E-state index in [9.17, 15) is 15.1 Å². The smallest absolute Gasteiger partial charge is 0.146 e. The molecule has 0 aromatic heterocycles. The van der Waals surface area contributed by atoms with Gasteiger partial charge in [-0.15, -0.1) is 0 Å². The highest BCUT2D eigenvalue weighted by molar-refractivity contribution is 6.08. The van der Waals surface area contributed by atoms with Gasteiger partial charge in [0.05, 0.1) is 12.2 Å². The maximum atomic E-state index is 10.4. The van der Waals surface area contributed by atoms with E-state index in [1.54, 1.807) is 6.92 Å². The topological polar surface area (TPSA) is 79.1 Å². The highest BCUT2D eigenvalue weighted by Crippen LogP contribution is 2.24. The number of aliphatic hydroxyl groups is 2. The van der Waals surface area contributed by atoms with Crippen molar-refractivity contribution in [1.29, 1.82) is 0 Å². The fourth-order valence-electron chi connectivity index (χ4n) is 1.60. The van der Waals surface area contributed by atoms with Crippen molar-refractivity contribution in [3.63, 3.8) is 0 Å². The van der Waals surface area contributed by atoms with E-state index in [0.29, 0.717) is 6.32 Å². The van der Waals surface area contributed by atoms with E-state index in [1.165, 1.54) is 0 Å². The average molecular weight is 187 g/mol. The molecule has 6 heteroatoms. The number of ether oxygens (including phenoxy) is 1. The summed E-state index contributed by atoms with van der Waals surface area (Å²) in [4.78, 5) is 10.4. The molecular weight excluding hydrogens is 173 g/mol. The van der Waals surface area contributed by atoms with E-state index in [2.05, 4.69) is 5.18 Å². The Balaban J connectivity index is 2.74. The summed E-state index contributed by atoms with van der Waals surface area (Å²) >= 11 is 0. The molecule has 1 aliphatic heterocycles. The van der Waals surface area contributed by atoms with Crippen molar-refractivity contribution in [2.75, 3.05) is 0 Å². The zero-order valence-electron chi connectivity index (χ0n) is 7.75. The first-order chi connectivity index (χ1) is 6.11. The van der Waals surface area contributed by atoms with Crippen molar-refractivity contribution in [3.8, 4) is 0 Å². The normalized spacial score (nSPS) is 45.9. The van der Waals surface area contributed by atoms with E-state index >= 15 is 0 Å².